The summed E-state index contributed by atoms with van der Waals surface area (Å²) in [6, 6.07) is 14.7. The van der Waals surface area contributed by atoms with Gasteiger partial charge < -0.3 is 5.32 Å². The van der Waals surface area contributed by atoms with E-state index in [-0.39, 0.29) is 11.6 Å². The predicted octanol–water partition coefficient (Wildman–Crippen LogP) is 1.86. The van der Waals surface area contributed by atoms with Crippen LogP contribution in [0.3, 0.4) is 0 Å². The zero-order valence-corrected chi connectivity index (χ0v) is 14.0. The first-order chi connectivity index (χ1) is 12.7. The highest BCUT2D eigenvalue weighted by Crippen LogP contribution is 2.15. The average molecular weight is 347 g/mol. The number of aromatic nitrogens is 4. The molecule has 130 valence electrons. The molecule has 0 saturated carbocycles. The van der Waals surface area contributed by atoms with E-state index in [1.54, 1.807) is 30.6 Å². The Bertz CT molecular complexity index is 1140. The molecule has 1 N–H and O–H groups in total. The number of para-hydroxylation sites is 1. The van der Waals surface area contributed by atoms with Gasteiger partial charge in [-0.05, 0) is 30.7 Å². The van der Waals surface area contributed by atoms with Gasteiger partial charge in [0, 0.05) is 30.9 Å². The lowest BCUT2D eigenvalue weighted by Crippen LogP contribution is -2.27. The van der Waals surface area contributed by atoms with E-state index in [0.29, 0.717) is 36.2 Å². The molecule has 0 radical (unpaired) electrons. The number of carbonyl (C=O) groups is 1. The highest BCUT2D eigenvalue weighted by Gasteiger charge is 2.10. The number of aryl methyl sites for hydroxylation is 1. The van der Waals surface area contributed by atoms with Crippen LogP contribution in [-0.2, 0) is 6.54 Å². The Balaban J connectivity index is 1.40. The van der Waals surface area contributed by atoms with Crippen LogP contribution in [0.1, 0.15) is 16.8 Å². The van der Waals surface area contributed by atoms with Crippen molar-refractivity contribution in [3.8, 4) is 0 Å². The second-order valence-corrected chi connectivity index (χ2v) is 5.92. The van der Waals surface area contributed by atoms with Gasteiger partial charge in [-0.2, -0.15) is 0 Å². The highest BCUT2D eigenvalue weighted by atomic mass is 16.2. The van der Waals surface area contributed by atoms with Gasteiger partial charge >= 0.3 is 5.69 Å². The van der Waals surface area contributed by atoms with Gasteiger partial charge in [0.1, 0.15) is 0 Å². The zero-order chi connectivity index (χ0) is 17.9. The van der Waals surface area contributed by atoms with Gasteiger partial charge in [-0.3, -0.25) is 14.2 Å². The van der Waals surface area contributed by atoms with Gasteiger partial charge in [-0.1, -0.05) is 24.3 Å². The van der Waals surface area contributed by atoms with Crippen molar-refractivity contribution in [3.63, 3.8) is 0 Å². The lowest BCUT2D eigenvalue weighted by molar-refractivity contribution is 0.0954. The Morgan fingerprint density at radius 3 is 2.85 bits per heavy atom. The lowest BCUT2D eigenvalue weighted by Gasteiger charge is -2.07. The minimum Gasteiger partial charge on any atom is -0.352 e. The smallest absolute Gasteiger partial charge is 0.350 e. The van der Waals surface area contributed by atoms with Crippen molar-refractivity contribution in [2.45, 2.75) is 13.0 Å². The molecule has 0 aliphatic heterocycles. The summed E-state index contributed by atoms with van der Waals surface area (Å²) in [5.41, 5.74) is 1.67. The summed E-state index contributed by atoms with van der Waals surface area (Å²) in [5.74, 6) is -0.170. The predicted molar refractivity (Wildman–Crippen MR) is 98.1 cm³/mol. The maximum absolute atomic E-state index is 12.4. The third-order valence-electron chi connectivity index (χ3n) is 4.20. The Hall–Kier alpha value is -3.48. The zero-order valence-electron chi connectivity index (χ0n) is 14.0. The second kappa shape index (κ2) is 6.79. The Kier molecular flexibility index (Phi) is 4.18. The largest absolute Gasteiger partial charge is 0.352 e. The number of hydrogen-bond acceptors (Lipinski definition) is 4. The minimum absolute atomic E-state index is 0.170. The number of rotatable bonds is 5. The molecule has 26 heavy (non-hydrogen) atoms. The molecule has 1 aromatic carbocycles. The van der Waals surface area contributed by atoms with Crippen molar-refractivity contribution in [1.82, 2.24) is 24.5 Å². The normalized spacial score (nSPS) is 11.1. The standard InChI is InChI=1S/C19H17N5O2/c25-18(15-8-3-6-14-7-4-10-20-17(14)15)21-11-5-13-24-19(26)23-12-2-1-9-16(23)22-24/h1-4,6-10,12H,5,11,13H2,(H,21,25). The number of amides is 1. The van der Waals surface area contributed by atoms with Crippen molar-refractivity contribution >= 4 is 22.5 Å². The number of pyridine rings is 2. The summed E-state index contributed by atoms with van der Waals surface area (Å²) >= 11 is 0. The van der Waals surface area contributed by atoms with Gasteiger partial charge in [0.25, 0.3) is 5.91 Å². The first kappa shape index (κ1) is 16.0. The van der Waals surface area contributed by atoms with E-state index in [9.17, 15) is 9.59 Å². The van der Waals surface area contributed by atoms with E-state index in [2.05, 4.69) is 15.4 Å². The fourth-order valence-corrected chi connectivity index (χ4v) is 2.93. The molecule has 3 heterocycles. The fourth-order valence-electron chi connectivity index (χ4n) is 2.93. The van der Waals surface area contributed by atoms with Crippen LogP contribution in [0.15, 0.2) is 65.7 Å². The SMILES string of the molecule is O=C(NCCCn1nc2ccccn2c1=O)c1cccc2cccnc12. The molecule has 7 nitrogen and oxygen atoms in total. The summed E-state index contributed by atoms with van der Waals surface area (Å²) < 4.78 is 2.92. The van der Waals surface area contributed by atoms with Gasteiger partial charge in [-0.25, -0.2) is 9.48 Å². The molecule has 0 fully saturated rings. The van der Waals surface area contributed by atoms with Crippen LogP contribution in [0.5, 0.6) is 0 Å². The number of nitrogens with one attached hydrogen (secondary N) is 1. The van der Waals surface area contributed by atoms with Crippen molar-refractivity contribution in [1.29, 1.82) is 0 Å². The Morgan fingerprint density at radius 2 is 1.96 bits per heavy atom. The summed E-state index contributed by atoms with van der Waals surface area (Å²) in [7, 11) is 0. The molecule has 0 spiro atoms. The van der Waals surface area contributed by atoms with Crippen LogP contribution < -0.4 is 11.0 Å². The molecule has 1 amide bonds. The third-order valence-corrected chi connectivity index (χ3v) is 4.20. The van der Waals surface area contributed by atoms with E-state index in [4.69, 9.17) is 0 Å². The third kappa shape index (κ3) is 2.95. The van der Waals surface area contributed by atoms with Crippen molar-refractivity contribution in [3.05, 3.63) is 77.0 Å². The number of hydrogen-bond donors (Lipinski definition) is 1. The van der Waals surface area contributed by atoms with Crippen molar-refractivity contribution in [2.75, 3.05) is 6.54 Å². The van der Waals surface area contributed by atoms with E-state index in [1.807, 2.05) is 30.3 Å². The van der Waals surface area contributed by atoms with E-state index in [1.165, 1.54) is 9.08 Å². The fraction of sp³-hybridized carbons (Fsp3) is 0.158. The van der Waals surface area contributed by atoms with Crippen molar-refractivity contribution < 1.29 is 4.79 Å². The lowest BCUT2D eigenvalue weighted by atomic mass is 10.1. The first-order valence-corrected chi connectivity index (χ1v) is 8.40. The van der Waals surface area contributed by atoms with Crippen molar-refractivity contribution in [2.24, 2.45) is 0 Å². The number of carbonyl (C=O) groups excluding carboxylic acids is 1. The molecule has 7 heteroatoms. The Morgan fingerprint density at radius 1 is 1.08 bits per heavy atom. The molecule has 4 rings (SSSR count). The van der Waals surface area contributed by atoms with Gasteiger partial charge in [0.15, 0.2) is 5.65 Å². The van der Waals surface area contributed by atoms with E-state index >= 15 is 0 Å². The van der Waals surface area contributed by atoms with Gasteiger partial charge in [0.05, 0.1) is 11.1 Å². The van der Waals surface area contributed by atoms with Crippen LogP contribution in [0.2, 0.25) is 0 Å². The molecule has 0 aliphatic carbocycles. The molecule has 4 aromatic rings. The summed E-state index contributed by atoms with van der Waals surface area (Å²) in [5, 5.41) is 8.09. The number of benzene rings is 1. The summed E-state index contributed by atoms with van der Waals surface area (Å²) in [6.45, 7) is 0.886. The van der Waals surface area contributed by atoms with Crippen LogP contribution in [0, 0.1) is 0 Å². The maximum atomic E-state index is 12.4. The van der Waals surface area contributed by atoms with E-state index < -0.39 is 0 Å². The summed E-state index contributed by atoms with van der Waals surface area (Å²) in [4.78, 5) is 28.9. The molecule has 0 unspecified atom stereocenters. The minimum atomic E-state index is -0.176. The quantitative estimate of drug-likeness (QED) is 0.559. The molecular weight excluding hydrogens is 330 g/mol. The summed E-state index contributed by atoms with van der Waals surface area (Å²) in [6.07, 6.45) is 3.97. The number of nitrogens with zero attached hydrogens (tertiary/aromatic N) is 4. The van der Waals surface area contributed by atoms with Crippen LogP contribution in [0.25, 0.3) is 16.6 Å². The van der Waals surface area contributed by atoms with Crippen LogP contribution in [0.4, 0.5) is 0 Å². The molecule has 3 aromatic heterocycles. The van der Waals surface area contributed by atoms with Crippen LogP contribution in [-0.4, -0.2) is 31.6 Å². The second-order valence-electron chi connectivity index (χ2n) is 5.92. The first-order valence-electron chi connectivity index (χ1n) is 8.40. The number of fused-ring (bicyclic) bond motifs is 2. The maximum Gasteiger partial charge on any atom is 0.350 e. The molecular formula is C19H17N5O2. The van der Waals surface area contributed by atoms with E-state index in [0.717, 1.165) is 5.39 Å². The Labute approximate surface area is 148 Å². The molecule has 0 bridgehead atoms. The highest BCUT2D eigenvalue weighted by molar-refractivity contribution is 6.05. The molecule has 0 saturated heterocycles. The average Bonchev–Trinajstić information content (AvgIpc) is 3.00. The monoisotopic (exact) mass is 347 g/mol. The van der Waals surface area contributed by atoms with Gasteiger partial charge in [-0.15, -0.1) is 5.10 Å². The van der Waals surface area contributed by atoms with Crippen LogP contribution >= 0.6 is 0 Å². The van der Waals surface area contributed by atoms with Gasteiger partial charge in [0.2, 0.25) is 0 Å². The molecule has 0 atom stereocenters. The molecule has 0 aliphatic rings. The topological polar surface area (TPSA) is 81.3 Å².